The molecule has 0 radical (unpaired) electrons. The minimum atomic E-state index is 0.0825. The van der Waals surface area contributed by atoms with Gasteiger partial charge in [0.1, 0.15) is 0 Å². The first-order valence-corrected chi connectivity index (χ1v) is 5.67. The lowest BCUT2D eigenvalue weighted by molar-refractivity contribution is 0.370. The fraction of sp³-hybridized carbons (Fsp3) is 0.308. The summed E-state index contributed by atoms with van der Waals surface area (Å²) in [5, 5.41) is 0. The second-order valence-electron chi connectivity index (χ2n) is 4.34. The van der Waals surface area contributed by atoms with Crippen LogP contribution in [0.3, 0.4) is 0 Å². The predicted molar refractivity (Wildman–Crippen MR) is 63.0 cm³/mol. The van der Waals surface area contributed by atoms with E-state index in [1.165, 1.54) is 11.1 Å². The van der Waals surface area contributed by atoms with Crippen LogP contribution in [0.15, 0.2) is 43.0 Å². The predicted octanol–water partition coefficient (Wildman–Crippen LogP) is 2.07. The molecule has 3 rings (SSSR count). The van der Waals surface area contributed by atoms with Crippen molar-refractivity contribution in [2.75, 3.05) is 0 Å². The summed E-state index contributed by atoms with van der Waals surface area (Å²) in [6.45, 7) is 0. The number of nitrogens with zero attached hydrogens (tertiary/aromatic N) is 2. The van der Waals surface area contributed by atoms with E-state index in [0.717, 1.165) is 12.8 Å². The summed E-state index contributed by atoms with van der Waals surface area (Å²) in [5.41, 5.74) is 9.01. The summed E-state index contributed by atoms with van der Waals surface area (Å²) in [6.07, 6.45) is 7.87. The van der Waals surface area contributed by atoms with Crippen molar-refractivity contribution >= 4 is 0 Å². The Kier molecular flexibility index (Phi) is 2.26. The zero-order chi connectivity index (χ0) is 11.0. The van der Waals surface area contributed by atoms with Gasteiger partial charge in [0, 0.05) is 12.4 Å². The lowest BCUT2D eigenvalue weighted by Gasteiger charge is -2.31. The molecular formula is C13H15N3. The maximum Gasteiger partial charge on any atom is 0.0949 e. The van der Waals surface area contributed by atoms with Gasteiger partial charge in [-0.3, -0.25) is 0 Å². The largest absolute Gasteiger partial charge is 0.333 e. The van der Waals surface area contributed by atoms with E-state index in [-0.39, 0.29) is 6.04 Å². The Balaban J connectivity index is 1.98. The zero-order valence-electron chi connectivity index (χ0n) is 9.08. The lowest BCUT2D eigenvalue weighted by atomic mass is 9.84. The van der Waals surface area contributed by atoms with Gasteiger partial charge in [-0.05, 0) is 24.0 Å². The van der Waals surface area contributed by atoms with E-state index < -0.39 is 0 Å². The average Bonchev–Trinajstić information content (AvgIpc) is 2.83. The Morgan fingerprint density at radius 1 is 1.31 bits per heavy atom. The molecule has 0 fully saturated rings. The molecule has 82 valence electrons. The first-order valence-electron chi connectivity index (χ1n) is 5.67. The molecule has 0 bridgehead atoms. The highest BCUT2D eigenvalue weighted by Crippen LogP contribution is 2.35. The molecule has 2 atom stereocenters. The summed E-state index contributed by atoms with van der Waals surface area (Å²) in [4.78, 5) is 4.10. The van der Waals surface area contributed by atoms with Gasteiger partial charge < -0.3 is 10.3 Å². The van der Waals surface area contributed by atoms with Gasteiger partial charge >= 0.3 is 0 Å². The average molecular weight is 213 g/mol. The molecule has 0 unspecified atom stereocenters. The van der Waals surface area contributed by atoms with Crippen LogP contribution in [0.2, 0.25) is 0 Å². The van der Waals surface area contributed by atoms with Gasteiger partial charge in [0.15, 0.2) is 0 Å². The monoisotopic (exact) mass is 213 g/mol. The first-order chi connectivity index (χ1) is 7.86. The van der Waals surface area contributed by atoms with Gasteiger partial charge in [-0.25, -0.2) is 4.98 Å². The molecule has 1 heterocycles. The van der Waals surface area contributed by atoms with E-state index in [4.69, 9.17) is 5.73 Å². The smallest absolute Gasteiger partial charge is 0.0949 e. The Bertz CT molecular complexity index is 476. The van der Waals surface area contributed by atoms with Crippen LogP contribution in [0.4, 0.5) is 0 Å². The Hall–Kier alpha value is -1.61. The first kappa shape index (κ1) is 9.60. The summed E-state index contributed by atoms with van der Waals surface area (Å²) in [6, 6.07) is 8.90. The van der Waals surface area contributed by atoms with Gasteiger partial charge in [-0.15, -0.1) is 0 Å². The minimum Gasteiger partial charge on any atom is -0.333 e. The minimum absolute atomic E-state index is 0.0825. The third kappa shape index (κ3) is 1.44. The van der Waals surface area contributed by atoms with E-state index in [2.05, 4.69) is 33.8 Å². The van der Waals surface area contributed by atoms with Gasteiger partial charge in [0.05, 0.1) is 18.4 Å². The van der Waals surface area contributed by atoms with E-state index in [1.54, 1.807) is 0 Å². The van der Waals surface area contributed by atoms with Crippen LogP contribution in [0.25, 0.3) is 0 Å². The summed E-state index contributed by atoms with van der Waals surface area (Å²) < 4.78 is 2.13. The normalized spacial score (nSPS) is 24.1. The lowest BCUT2D eigenvalue weighted by Crippen LogP contribution is -2.29. The molecule has 0 saturated heterocycles. The van der Waals surface area contributed by atoms with E-state index in [9.17, 15) is 0 Å². The number of aromatic nitrogens is 2. The summed E-state index contributed by atoms with van der Waals surface area (Å²) in [7, 11) is 0. The van der Waals surface area contributed by atoms with Gasteiger partial charge in [-0.1, -0.05) is 24.3 Å². The SMILES string of the molecule is N[C@@H]1c2ccccc2CC[C@@H]1n1ccnc1. The Labute approximate surface area is 94.9 Å². The molecule has 0 saturated carbocycles. The van der Waals surface area contributed by atoms with Crippen molar-refractivity contribution < 1.29 is 0 Å². The van der Waals surface area contributed by atoms with E-state index >= 15 is 0 Å². The summed E-state index contributed by atoms with van der Waals surface area (Å²) >= 11 is 0. The highest BCUT2D eigenvalue weighted by Gasteiger charge is 2.27. The molecular weight excluding hydrogens is 198 g/mol. The fourth-order valence-electron chi connectivity index (χ4n) is 2.58. The number of nitrogens with two attached hydrogens (primary N) is 1. The van der Waals surface area contributed by atoms with Crippen molar-refractivity contribution in [1.29, 1.82) is 0 Å². The molecule has 16 heavy (non-hydrogen) atoms. The Morgan fingerprint density at radius 2 is 2.19 bits per heavy atom. The van der Waals surface area contributed by atoms with Crippen LogP contribution in [-0.2, 0) is 6.42 Å². The summed E-state index contributed by atoms with van der Waals surface area (Å²) in [5.74, 6) is 0. The molecule has 0 spiro atoms. The van der Waals surface area contributed by atoms with Crippen LogP contribution < -0.4 is 5.73 Å². The Morgan fingerprint density at radius 3 is 3.00 bits per heavy atom. The number of imidazole rings is 1. The highest BCUT2D eigenvalue weighted by molar-refractivity contribution is 5.33. The standard InChI is InChI=1S/C13H15N3/c14-13-11-4-2-1-3-10(11)5-6-12(13)16-8-7-15-9-16/h1-4,7-9,12-13H,5-6,14H2/t12-,13+/m0/s1. The molecule has 1 aromatic carbocycles. The number of benzene rings is 1. The number of rotatable bonds is 1. The molecule has 1 aromatic heterocycles. The fourth-order valence-corrected chi connectivity index (χ4v) is 2.58. The molecule has 0 aliphatic heterocycles. The van der Waals surface area contributed by atoms with Gasteiger partial charge in [-0.2, -0.15) is 0 Å². The van der Waals surface area contributed by atoms with Crippen molar-refractivity contribution in [3.05, 3.63) is 54.1 Å². The molecule has 2 aromatic rings. The van der Waals surface area contributed by atoms with Crippen LogP contribution in [-0.4, -0.2) is 9.55 Å². The maximum absolute atomic E-state index is 6.33. The van der Waals surface area contributed by atoms with Crippen LogP contribution in [0, 0.1) is 0 Å². The third-order valence-corrected chi connectivity index (χ3v) is 3.45. The molecule has 3 nitrogen and oxygen atoms in total. The number of aryl methyl sites for hydroxylation is 1. The number of hydrogen-bond acceptors (Lipinski definition) is 2. The molecule has 1 aliphatic carbocycles. The van der Waals surface area contributed by atoms with Gasteiger partial charge in [0.2, 0.25) is 0 Å². The molecule has 2 N–H and O–H groups in total. The van der Waals surface area contributed by atoms with E-state index in [0.29, 0.717) is 6.04 Å². The zero-order valence-corrected chi connectivity index (χ0v) is 9.08. The van der Waals surface area contributed by atoms with E-state index in [1.807, 2.05) is 18.7 Å². The third-order valence-electron chi connectivity index (χ3n) is 3.45. The van der Waals surface area contributed by atoms with Crippen LogP contribution in [0.1, 0.15) is 29.6 Å². The van der Waals surface area contributed by atoms with Crippen LogP contribution in [0.5, 0.6) is 0 Å². The molecule has 3 heteroatoms. The van der Waals surface area contributed by atoms with Gasteiger partial charge in [0.25, 0.3) is 0 Å². The van der Waals surface area contributed by atoms with Crippen molar-refractivity contribution in [3.63, 3.8) is 0 Å². The van der Waals surface area contributed by atoms with Crippen molar-refractivity contribution in [2.24, 2.45) is 5.73 Å². The molecule has 0 amide bonds. The quantitative estimate of drug-likeness (QED) is 0.788. The number of hydrogen-bond donors (Lipinski definition) is 1. The van der Waals surface area contributed by atoms with Crippen molar-refractivity contribution in [2.45, 2.75) is 24.9 Å². The van der Waals surface area contributed by atoms with Crippen molar-refractivity contribution in [1.82, 2.24) is 9.55 Å². The second kappa shape index (κ2) is 3.76. The second-order valence-corrected chi connectivity index (χ2v) is 4.34. The molecule has 1 aliphatic rings. The topological polar surface area (TPSA) is 43.8 Å². The van der Waals surface area contributed by atoms with Crippen LogP contribution >= 0.6 is 0 Å². The highest BCUT2D eigenvalue weighted by atomic mass is 15.1. The van der Waals surface area contributed by atoms with Crippen molar-refractivity contribution in [3.8, 4) is 0 Å². The number of fused-ring (bicyclic) bond motifs is 1. The maximum atomic E-state index is 6.33.